The molecule has 174 valence electrons. The van der Waals surface area contributed by atoms with Crippen LogP contribution in [0.4, 0.5) is 11.4 Å². The van der Waals surface area contributed by atoms with Crippen LogP contribution in [0.5, 0.6) is 0 Å². The number of rotatable bonds is 7. The van der Waals surface area contributed by atoms with Gasteiger partial charge in [-0.05, 0) is 55.3 Å². The average molecular weight is 478 g/mol. The number of anilines is 2. The van der Waals surface area contributed by atoms with E-state index < -0.39 is 6.04 Å². The highest BCUT2D eigenvalue weighted by Crippen LogP contribution is 2.25. The van der Waals surface area contributed by atoms with E-state index in [1.807, 2.05) is 26.0 Å². The van der Waals surface area contributed by atoms with E-state index >= 15 is 0 Å². The molecular formula is C24H24ClN7O2. The molecule has 0 saturated carbocycles. The van der Waals surface area contributed by atoms with E-state index in [1.165, 1.54) is 17.3 Å². The van der Waals surface area contributed by atoms with Crippen LogP contribution >= 0.6 is 11.6 Å². The Morgan fingerprint density at radius 1 is 0.971 bits per heavy atom. The fraction of sp³-hybridized carbons (Fsp3) is 0.208. The molecule has 1 unspecified atom stereocenters. The molecule has 9 nitrogen and oxygen atoms in total. The number of benzene rings is 2. The molecule has 4 rings (SSSR count). The van der Waals surface area contributed by atoms with Crippen molar-refractivity contribution >= 4 is 34.8 Å². The molecule has 0 aliphatic carbocycles. The zero-order valence-electron chi connectivity index (χ0n) is 18.9. The van der Waals surface area contributed by atoms with Crippen molar-refractivity contribution in [3.05, 3.63) is 83.7 Å². The van der Waals surface area contributed by atoms with Gasteiger partial charge in [0.25, 0.3) is 5.91 Å². The van der Waals surface area contributed by atoms with Crippen molar-refractivity contribution < 1.29 is 9.59 Å². The van der Waals surface area contributed by atoms with Crippen LogP contribution in [0.25, 0.3) is 5.69 Å². The summed E-state index contributed by atoms with van der Waals surface area (Å²) in [6.45, 7) is 5.74. The van der Waals surface area contributed by atoms with E-state index in [4.69, 9.17) is 11.6 Å². The number of carbonyl (C=O) groups excluding carboxylic acids is 2. The Kier molecular flexibility index (Phi) is 6.74. The lowest BCUT2D eigenvalue weighted by molar-refractivity contribution is -0.119. The van der Waals surface area contributed by atoms with Crippen molar-refractivity contribution in [1.82, 2.24) is 24.5 Å². The quantitative estimate of drug-likeness (QED) is 0.401. The van der Waals surface area contributed by atoms with Gasteiger partial charge in [-0.2, -0.15) is 10.2 Å². The zero-order valence-corrected chi connectivity index (χ0v) is 19.7. The maximum Gasteiger partial charge on any atom is 0.259 e. The van der Waals surface area contributed by atoms with Gasteiger partial charge in [0, 0.05) is 16.4 Å². The topological polar surface area (TPSA) is 107 Å². The van der Waals surface area contributed by atoms with Crippen LogP contribution in [0.2, 0.25) is 5.02 Å². The molecule has 2 aromatic heterocycles. The summed E-state index contributed by atoms with van der Waals surface area (Å²) in [5.41, 5.74) is 3.25. The maximum atomic E-state index is 13.1. The van der Waals surface area contributed by atoms with E-state index in [0.717, 1.165) is 11.4 Å². The standard InChI is InChI=1S/C24H24ClN7O2/c1-15(2)22-21(12-27-32(22)20-6-4-5-17(25)11-20)24(34)30-19-9-7-18(8-10-19)29-23(33)16(3)31-14-26-13-28-31/h4-16H,1-3H3,(H,29,33)(H,30,34). The largest absolute Gasteiger partial charge is 0.324 e. The Bertz CT molecular complexity index is 1300. The summed E-state index contributed by atoms with van der Waals surface area (Å²) in [6.07, 6.45) is 4.43. The second-order valence-corrected chi connectivity index (χ2v) is 8.50. The van der Waals surface area contributed by atoms with E-state index in [-0.39, 0.29) is 17.7 Å². The average Bonchev–Trinajstić information content (AvgIpc) is 3.50. The number of nitrogens with one attached hydrogen (secondary N) is 2. The van der Waals surface area contributed by atoms with Crippen LogP contribution in [0.3, 0.4) is 0 Å². The smallest absolute Gasteiger partial charge is 0.259 e. The van der Waals surface area contributed by atoms with Crippen molar-refractivity contribution in [3.63, 3.8) is 0 Å². The highest BCUT2D eigenvalue weighted by atomic mass is 35.5. The van der Waals surface area contributed by atoms with Crippen LogP contribution in [-0.4, -0.2) is 36.4 Å². The minimum Gasteiger partial charge on any atom is -0.324 e. The molecule has 2 amide bonds. The fourth-order valence-corrected chi connectivity index (χ4v) is 3.71. The predicted octanol–water partition coefficient (Wildman–Crippen LogP) is 4.69. The van der Waals surface area contributed by atoms with Gasteiger partial charge in [-0.3, -0.25) is 9.59 Å². The Labute approximate surface area is 201 Å². The van der Waals surface area contributed by atoms with Crippen LogP contribution in [0, 0.1) is 0 Å². The minimum atomic E-state index is -0.507. The monoisotopic (exact) mass is 477 g/mol. The van der Waals surface area contributed by atoms with Gasteiger partial charge >= 0.3 is 0 Å². The van der Waals surface area contributed by atoms with E-state index in [2.05, 4.69) is 25.8 Å². The normalized spacial score (nSPS) is 11.9. The molecule has 0 fully saturated rings. The van der Waals surface area contributed by atoms with Gasteiger partial charge < -0.3 is 10.6 Å². The lowest BCUT2D eigenvalue weighted by atomic mass is 10.0. The molecule has 10 heteroatoms. The molecule has 34 heavy (non-hydrogen) atoms. The molecule has 0 saturated heterocycles. The SMILES string of the molecule is CC(C)c1c(C(=O)Nc2ccc(NC(=O)C(C)n3cncn3)cc2)cnn1-c1cccc(Cl)c1. The van der Waals surface area contributed by atoms with Gasteiger partial charge in [0.2, 0.25) is 5.91 Å². The Morgan fingerprint density at radius 2 is 1.68 bits per heavy atom. The molecule has 0 radical (unpaired) electrons. The molecule has 2 aromatic carbocycles. The summed E-state index contributed by atoms with van der Waals surface area (Å²) in [6, 6.07) is 13.7. The van der Waals surface area contributed by atoms with Crippen LogP contribution < -0.4 is 10.6 Å². The third-order valence-electron chi connectivity index (χ3n) is 5.27. The van der Waals surface area contributed by atoms with Gasteiger partial charge in [0.05, 0.1) is 23.1 Å². The minimum absolute atomic E-state index is 0.0480. The maximum absolute atomic E-state index is 13.1. The fourth-order valence-electron chi connectivity index (χ4n) is 3.52. The number of amides is 2. The number of nitrogens with zero attached hydrogens (tertiary/aromatic N) is 5. The summed E-state index contributed by atoms with van der Waals surface area (Å²) in [5, 5.41) is 14.7. The van der Waals surface area contributed by atoms with E-state index in [0.29, 0.717) is 22.0 Å². The van der Waals surface area contributed by atoms with Crippen molar-refractivity contribution in [2.24, 2.45) is 0 Å². The molecule has 0 bridgehead atoms. The van der Waals surface area contributed by atoms with Crippen molar-refractivity contribution in [3.8, 4) is 5.69 Å². The Balaban J connectivity index is 1.47. The van der Waals surface area contributed by atoms with Crippen LogP contribution in [0.15, 0.2) is 67.4 Å². The summed E-state index contributed by atoms with van der Waals surface area (Å²) in [4.78, 5) is 29.3. The van der Waals surface area contributed by atoms with Gasteiger partial charge in [-0.1, -0.05) is 31.5 Å². The van der Waals surface area contributed by atoms with Crippen LogP contribution in [0.1, 0.15) is 48.8 Å². The van der Waals surface area contributed by atoms with Gasteiger partial charge in [0.15, 0.2) is 0 Å². The molecule has 0 aliphatic heterocycles. The van der Waals surface area contributed by atoms with Gasteiger partial charge in [0.1, 0.15) is 18.7 Å². The number of hydrogen-bond acceptors (Lipinski definition) is 5. The molecule has 2 heterocycles. The van der Waals surface area contributed by atoms with E-state index in [9.17, 15) is 9.59 Å². The first-order chi connectivity index (χ1) is 16.3. The van der Waals surface area contributed by atoms with Crippen LogP contribution in [-0.2, 0) is 4.79 Å². The first kappa shape index (κ1) is 23.2. The van der Waals surface area contributed by atoms with Crippen molar-refractivity contribution in [2.45, 2.75) is 32.7 Å². The molecule has 0 aliphatic rings. The molecule has 1 atom stereocenters. The van der Waals surface area contributed by atoms with Gasteiger partial charge in [-0.25, -0.2) is 14.3 Å². The highest BCUT2D eigenvalue weighted by molar-refractivity contribution is 6.30. The Hall–Kier alpha value is -3.98. The summed E-state index contributed by atoms with van der Waals surface area (Å²) >= 11 is 6.14. The third kappa shape index (κ3) is 4.99. The number of hydrogen-bond donors (Lipinski definition) is 2. The molecule has 2 N–H and O–H groups in total. The second kappa shape index (κ2) is 9.88. The molecule has 4 aromatic rings. The summed E-state index contributed by atoms with van der Waals surface area (Å²) in [5.74, 6) is -0.447. The number of halogens is 1. The highest BCUT2D eigenvalue weighted by Gasteiger charge is 2.21. The lowest BCUT2D eigenvalue weighted by Gasteiger charge is -2.14. The second-order valence-electron chi connectivity index (χ2n) is 8.06. The first-order valence-corrected chi connectivity index (χ1v) is 11.1. The predicted molar refractivity (Wildman–Crippen MR) is 130 cm³/mol. The zero-order chi connectivity index (χ0) is 24.2. The first-order valence-electron chi connectivity index (χ1n) is 10.7. The van der Waals surface area contributed by atoms with Gasteiger partial charge in [-0.15, -0.1) is 0 Å². The van der Waals surface area contributed by atoms with Crippen molar-refractivity contribution in [1.29, 1.82) is 0 Å². The van der Waals surface area contributed by atoms with Crippen molar-refractivity contribution in [2.75, 3.05) is 10.6 Å². The number of carbonyl (C=O) groups is 2. The number of aromatic nitrogens is 5. The van der Waals surface area contributed by atoms with E-state index in [1.54, 1.807) is 54.2 Å². The Morgan fingerprint density at radius 3 is 2.29 bits per heavy atom. The lowest BCUT2D eigenvalue weighted by Crippen LogP contribution is -2.24. The summed E-state index contributed by atoms with van der Waals surface area (Å²) in [7, 11) is 0. The molecular weight excluding hydrogens is 454 g/mol. The molecule has 0 spiro atoms. The third-order valence-corrected chi connectivity index (χ3v) is 5.51. The summed E-state index contributed by atoms with van der Waals surface area (Å²) < 4.78 is 3.21.